The molecule has 0 bridgehead atoms. The average molecular weight is 379 g/mol. The summed E-state index contributed by atoms with van der Waals surface area (Å²) in [4.78, 5) is 13.3. The van der Waals surface area contributed by atoms with E-state index in [9.17, 15) is 25.2 Å². The SMILES string of the molecule is [2H]CN(C[C@H](O)[C@@H](O)[C@H](O)[C@H](O)CO)C(=O)CCCCCCCCCCC. The van der Waals surface area contributed by atoms with Crippen LogP contribution in [0.1, 0.15) is 72.5 Å². The maximum Gasteiger partial charge on any atom is 0.222 e. The van der Waals surface area contributed by atoms with Crippen molar-refractivity contribution in [2.45, 2.75) is 95.5 Å². The number of aliphatic hydroxyl groups is 5. The van der Waals surface area contributed by atoms with Crippen LogP contribution in [0.5, 0.6) is 0 Å². The summed E-state index contributed by atoms with van der Waals surface area (Å²) in [5, 5.41) is 47.4. The molecule has 0 aromatic carbocycles. The quantitative estimate of drug-likeness (QED) is 0.253. The molecule has 1 amide bonds. The standard InChI is InChI=1S/C19H39NO6/c1-3-4-5-6-7-8-9-10-11-12-17(24)20(2)13-15(22)18(25)19(26)16(23)14-21/h15-16,18-19,21-23,25-26H,3-14H2,1-2H3/t15-,16+,18+,19+/m0/s1/i2D. The summed E-state index contributed by atoms with van der Waals surface area (Å²) in [7, 11) is -0.362. The molecule has 0 spiro atoms. The van der Waals surface area contributed by atoms with Gasteiger partial charge < -0.3 is 30.4 Å². The van der Waals surface area contributed by atoms with E-state index < -0.39 is 31.0 Å². The van der Waals surface area contributed by atoms with Gasteiger partial charge in [-0.1, -0.05) is 58.3 Å². The van der Waals surface area contributed by atoms with Crippen LogP contribution in [0, 0.1) is 0 Å². The van der Waals surface area contributed by atoms with E-state index in [1.54, 1.807) is 0 Å². The molecule has 0 unspecified atom stereocenters. The van der Waals surface area contributed by atoms with E-state index in [1.807, 2.05) is 0 Å². The van der Waals surface area contributed by atoms with Crippen LogP contribution in [-0.2, 0) is 4.79 Å². The zero-order chi connectivity index (χ0) is 20.7. The maximum atomic E-state index is 12.2. The Kier molecular flexibility index (Phi) is 13.8. The van der Waals surface area contributed by atoms with E-state index in [-0.39, 0.29) is 25.9 Å². The van der Waals surface area contributed by atoms with Crippen LogP contribution in [0.4, 0.5) is 0 Å². The summed E-state index contributed by atoms with van der Waals surface area (Å²) in [5.41, 5.74) is 0. The topological polar surface area (TPSA) is 121 Å². The number of carbonyl (C=O) groups excluding carboxylic acids is 1. The third-order valence-corrected chi connectivity index (χ3v) is 4.58. The predicted octanol–water partition coefficient (Wildman–Crippen LogP) is 0.802. The van der Waals surface area contributed by atoms with Crippen LogP contribution in [0.3, 0.4) is 0 Å². The van der Waals surface area contributed by atoms with Crippen molar-refractivity contribution in [2.75, 3.05) is 20.2 Å². The molecular formula is C19H39NO6. The molecule has 0 aliphatic carbocycles. The van der Waals surface area contributed by atoms with Crippen LogP contribution < -0.4 is 0 Å². The molecule has 0 aromatic heterocycles. The predicted molar refractivity (Wildman–Crippen MR) is 101 cm³/mol. The largest absolute Gasteiger partial charge is 0.394 e. The highest BCUT2D eigenvalue weighted by Crippen LogP contribution is 2.12. The molecule has 0 saturated carbocycles. The van der Waals surface area contributed by atoms with Crippen LogP contribution in [-0.4, -0.2) is 80.9 Å². The van der Waals surface area contributed by atoms with Crippen molar-refractivity contribution in [1.29, 1.82) is 0 Å². The first-order valence-corrected chi connectivity index (χ1v) is 9.79. The van der Waals surface area contributed by atoms with Gasteiger partial charge in [-0.25, -0.2) is 0 Å². The molecule has 7 nitrogen and oxygen atoms in total. The van der Waals surface area contributed by atoms with Crippen molar-refractivity contribution >= 4 is 5.91 Å². The summed E-state index contributed by atoms with van der Waals surface area (Å²) >= 11 is 0. The lowest BCUT2D eigenvalue weighted by atomic mass is 10.0. The highest BCUT2D eigenvalue weighted by molar-refractivity contribution is 5.75. The van der Waals surface area contributed by atoms with Crippen molar-refractivity contribution in [3.05, 3.63) is 0 Å². The molecule has 7 heteroatoms. The monoisotopic (exact) mass is 378 g/mol. The lowest BCUT2D eigenvalue weighted by molar-refractivity contribution is -0.138. The second kappa shape index (κ2) is 15.3. The van der Waals surface area contributed by atoms with Gasteiger partial charge in [0, 0.05) is 21.4 Å². The average Bonchev–Trinajstić information content (AvgIpc) is 2.68. The normalized spacial score (nSPS) is 16.6. The Morgan fingerprint density at radius 3 is 1.88 bits per heavy atom. The Morgan fingerprint density at radius 1 is 0.885 bits per heavy atom. The van der Waals surface area contributed by atoms with Gasteiger partial charge in [-0.2, -0.15) is 0 Å². The van der Waals surface area contributed by atoms with Crippen molar-refractivity contribution < 1.29 is 31.7 Å². The summed E-state index contributed by atoms with van der Waals surface area (Å²) in [5.74, 6) is -0.281. The molecule has 0 radical (unpaired) electrons. The maximum absolute atomic E-state index is 12.2. The van der Waals surface area contributed by atoms with Gasteiger partial charge in [-0.15, -0.1) is 0 Å². The van der Waals surface area contributed by atoms with E-state index in [0.717, 1.165) is 30.6 Å². The third-order valence-electron chi connectivity index (χ3n) is 4.58. The number of amides is 1. The van der Waals surface area contributed by atoms with E-state index in [0.29, 0.717) is 0 Å². The van der Waals surface area contributed by atoms with Crippen LogP contribution in [0.2, 0.25) is 0 Å². The van der Waals surface area contributed by atoms with Gasteiger partial charge in [0.1, 0.15) is 24.4 Å². The first-order chi connectivity index (χ1) is 12.9. The lowest BCUT2D eigenvalue weighted by Gasteiger charge is -2.28. The van der Waals surface area contributed by atoms with Gasteiger partial charge in [0.2, 0.25) is 5.91 Å². The minimum absolute atomic E-state index is 0.277. The Morgan fingerprint density at radius 2 is 1.38 bits per heavy atom. The molecule has 0 rings (SSSR count). The number of hydrogen-bond donors (Lipinski definition) is 5. The number of rotatable bonds is 16. The molecule has 0 aliphatic heterocycles. The van der Waals surface area contributed by atoms with E-state index >= 15 is 0 Å². The van der Waals surface area contributed by atoms with Crippen LogP contribution >= 0.6 is 0 Å². The number of carbonyl (C=O) groups is 1. The first kappa shape index (κ1) is 23.3. The highest BCUT2D eigenvalue weighted by Gasteiger charge is 2.31. The minimum Gasteiger partial charge on any atom is -0.394 e. The summed E-state index contributed by atoms with van der Waals surface area (Å²) in [6, 6.07) is 0. The fourth-order valence-corrected chi connectivity index (χ4v) is 2.74. The van der Waals surface area contributed by atoms with Crippen LogP contribution in [0.15, 0.2) is 0 Å². The number of hydrogen-bond acceptors (Lipinski definition) is 6. The fourth-order valence-electron chi connectivity index (χ4n) is 2.74. The lowest BCUT2D eigenvalue weighted by Crippen LogP contribution is -2.49. The first-order valence-electron chi connectivity index (χ1n) is 10.5. The van der Waals surface area contributed by atoms with E-state index in [2.05, 4.69) is 6.92 Å². The van der Waals surface area contributed by atoms with Crippen molar-refractivity contribution in [3.8, 4) is 0 Å². The van der Waals surface area contributed by atoms with Gasteiger partial charge in [0.25, 0.3) is 0 Å². The Labute approximate surface area is 159 Å². The van der Waals surface area contributed by atoms with E-state index in [4.69, 9.17) is 6.48 Å². The van der Waals surface area contributed by atoms with Crippen molar-refractivity contribution in [2.24, 2.45) is 0 Å². The molecule has 26 heavy (non-hydrogen) atoms. The molecule has 0 saturated heterocycles. The van der Waals surface area contributed by atoms with Gasteiger partial charge in [0.15, 0.2) is 0 Å². The molecule has 156 valence electrons. The molecule has 5 N–H and O–H groups in total. The number of aliphatic hydroxyl groups excluding tert-OH is 5. The van der Waals surface area contributed by atoms with Crippen molar-refractivity contribution in [3.63, 3.8) is 0 Å². The van der Waals surface area contributed by atoms with Gasteiger partial charge in [0.05, 0.1) is 6.61 Å². The molecule has 4 atom stereocenters. The zero-order valence-corrected chi connectivity index (χ0v) is 16.1. The molecule has 0 fully saturated rings. The summed E-state index contributed by atoms with van der Waals surface area (Å²) < 4.78 is 7.44. The summed E-state index contributed by atoms with van der Waals surface area (Å²) in [6.45, 7) is 1.12. The molecule has 0 aliphatic rings. The van der Waals surface area contributed by atoms with Gasteiger partial charge >= 0.3 is 0 Å². The Bertz CT molecular complexity index is 374. The zero-order valence-electron chi connectivity index (χ0n) is 17.1. The number of likely N-dealkylation sites (N-methyl/N-ethyl adjacent to an activating group) is 1. The molecule has 0 heterocycles. The van der Waals surface area contributed by atoms with Gasteiger partial charge in [-0.3, -0.25) is 4.79 Å². The van der Waals surface area contributed by atoms with E-state index in [1.165, 1.54) is 32.1 Å². The van der Waals surface area contributed by atoms with Crippen LogP contribution in [0.25, 0.3) is 0 Å². The number of nitrogens with zero attached hydrogens (tertiary/aromatic N) is 1. The Hall–Kier alpha value is -0.730. The second-order valence-corrected chi connectivity index (χ2v) is 6.99. The molecular weight excluding hydrogens is 338 g/mol. The second-order valence-electron chi connectivity index (χ2n) is 6.99. The van der Waals surface area contributed by atoms with Crippen molar-refractivity contribution in [1.82, 2.24) is 4.90 Å². The fraction of sp³-hybridized carbons (Fsp3) is 0.947. The number of unbranched alkanes of at least 4 members (excludes halogenated alkanes) is 8. The Balaban J connectivity index is 4.06. The minimum atomic E-state index is -1.73. The molecule has 0 aromatic rings. The third kappa shape index (κ3) is 11.1. The van der Waals surface area contributed by atoms with Gasteiger partial charge in [-0.05, 0) is 6.42 Å². The smallest absolute Gasteiger partial charge is 0.222 e. The highest BCUT2D eigenvalue weighted by atomic mass is 16.4. The summed E-state index contributed by atoms with van der Waals surface area (Å²) in [6.07, 6.45) is 3.91.